The third kappa shape index (κ3) is 7.40. The van der Waals surface area contributed by atoms with E-state index < -0.39 is 0 Å². The highest BCUT2D eigenvalue weighted by Crippen LogP contribution is 2.12. The van der Waals surface area contributed by atoms with Crippen LogP contribution in [0.15, 0.2) is 46.8 Å². The highest BCUT2D eigenvalue weighted by atomic mass is 127. The van der Waals surface area contributed by atoms with Crippen LogP contribution in [0, 0.1) is 0 Å². The Bertz CT molecular complexity index is 761. The van der Waals surface area contributed by atoms with E-state index in [0.29, 0.717) is 24.6 Å². The van der Waals surface area contributed by atoms with Crippen LogP contribution in [0.1, 0.15) is 33.6 Å². The number of nitrogens with zero attached hydrogens (tertiary/aromatic N) is 1. The van der Waals surface area contributed by atoms with Gasteiger partial charge in [-0.3, -0.25) is 4.79 Å². The quantitative estimate of drug-likeness (QED) is 0.287. The lowest BCUT2D eigenvalue weighted by atomic mass is 10.1. The van der Waals surface area contributed by atoms with Gasteiger partial charge in [-0.25, -0.2) is 4.99 Å². The lowest BCUT2D eigenvalue weighted by Crippen LogP contribution is -2.33. The summed E-state index contributed by atoms with van der Waals surface area (Å²) < 4.78 is 5.53. The molecule has 1 aromatic heterocycles. The summed E-state index contributed by atoms with van der Waals surface area (Å²) in [5, 5.41) is 8.13. The molecule has 1 aliphatic rings. The number of benzene rings is 1. The fourth-order valence-electron chi connectivity index (χ4n) is 2.93. The molecule has 1 atom stereocenters. The summed E-state index contributed by atoms with van der Waals surface area (Å²) in [6.07, 6.45) is 3.14. The number of ether oxygens (including phenoxy) is 1. The Hall–Kier alpha value is -1.65. The summed E-state index contributed by atoms with van der Waals surface area (Å²) in [7, 11) is 0. The van der Waals surface area contributed by atoms with E-state index in [1.54, 1.807) is 17.4 Å². The van der Waals surface area contributed by atoms with Crippen molar-refractivity contribution in [2.24, 2.45) is 10.7 Å². The fourth-order valence-corrected chi connectivity index (χ4v) is 3.63. The van der Waals surface area contributed by atoms with Gasteiger partial charge in [-0.1, -0.05) is 18.2 Å². The van der Waals surface area contributed by atoms with Gasteiger partial charge in [-0.05, 0) is 48.4 Å². The molecular formula is C20H27IN4O2S. The van der Waals surface area contributed by atoms with Crippen LogP contribution < -0.4 is 16.4 Å². The van der Waals surface area contributed by atoms with Crippen LogP contribution in [0.3, 0.4) is 0 Å². The van der Waals surface area contributed by atoms with Gasteiger partial charge in [0.15, 0.2) is 5.96 Å². The van der Waals surface area contributed by atoms with Crippen molar-refractivity contribution < 1.29 is 9.53 Å². The van der Waals surface area contributed by atoms with E-state index >= 15 is 0 Å². The first-order chi connectivity index (χ1) is 13.2. The minimum absolute atomic E-state index is 0. The van der Waals surface area contributed by atoms with Crippen LogP contribution in [0.2, 0.25) is 0 Å². The van der Waals surface area contributed by atoms with Gasteiger partial charge >= 0.3 is 0 Å². The number of guanidine groups is 1. The van der Waals surface area contributed by atoms with Crippen molar-refractivity contribution in [1.82, 2.24) is 10.6 Å². The number of nitrogens with one attached hydrogen (secondary N) is 2. The molecule has 2 aromatic rings. The number of hydrogen-bond donors (Lipinski definition) is 3. The van der Waals surface area contributed by atoms with Crippen molar-refractivity contribution in [2.75, 3.05) is 19.7 Å². The molecule has 3 rings (SSSR count). The van der Waals surface area contributed by atoms with E-state index in [0.717, 1.165) is 38.0 Å². The molecule has 4 N–H and O–H groups in total. The maximum absolute atomic E-state index is 12.3. The van der Waals surface area contributed by atoms with Crippen molar-refractivity contribution in [2.45, 2.75) is 31.9 Å². The van der Waals surface area contributed by atoms with Crippen molar-refractivity contribution in [1.29, 1.82) is 0 Å². The van der Waals surface area contributed by atoms with E-state index in [9.17, 15) is 4.79 Å². The summed E-state index contributed by atoms with van der Waals surface area (Å²) in [4.78, 5) is 18.0. The van der Waals surface area contributed by atoms with Crippen LogP contribution in [-0.4, -0.2) is 37.7 Å². The highest BCUT2D eigenvalue weighted by Gasteiger charge is 2.16. The summed E-state index contributed by atoms with van der Waals surface area (Å²) in [6.45, 7) is 2.53. The largest absolute Gasteiger partial charge is 0.376 e. The van der Waals surface area contributed by atoms with Gasteiger partial charge in [0.05, 0.1) is 12.6 Å². The number of carbonyl (C=O) groups excluding carboxylic acids is 1. The normalized spacial score (nSPS) is 16.4. The summed E-state index contributed by atoms with van der Waals surface area (Å²) in [6, 6.07) is 11.6. The zero-order valence-corrected chi connectivity index (χ0v) is 18.9. The van der Waals surface area contributed by atoms with Gasteiger partial charge in [-0.15, -0.1) is 35.3 Å². The minimum Gasteiger partial charge on any atom is -0.376 e. The van der Waals surface area contributed by atoms with Gasteiger partial charge in [0.25, 0.3) is 5.91 Å². The minimum atomic E-state index is -0.0848. The molecule has 0 radical (unpaired) electrons. The second-order valence-electron chi connectivity index (χ2n) is 6.50. The molecule has 2 heterocycles. The van der Waals surface area contributed by atoms with Crippen molar-refractivity contribution >= 4 is 47.2 Å². The van der Waals surface area contributed by atoms with E-state index in [1.165, 1.54) is 4.88 Å². The zero-order chi connectivity index (χ0) is 18.9. The fraction of sp³-hybridized carbons (Fsp3) is 0.400. The highest BCUT2D eigenvalue weighted by molar-refractivity contribution is 14.0. The molecule has 0 spiro atoms. The Balaban J connectivity index is 0.00000280. The standard InChI is InChI=1S/C20H26N4O2S.HI/c21-20(22-9-8-18-7-3-11-27-18)24-13-15-4-1-5-16(12-15)19(25)23-14-17-6-2-10-26-17;/h1,3-5,7,11-12,17H,2,6,8-10,13-14H2,(H,23,25)(H3,21,22,24);1H. The molecule has 8 heteroatoms. The number of aliphatic imine (C=N–C) groups is 1. The average molecular weight is 514 g/mol. The van der Waals surface area contributed by atoms with Crippen LogP contribution in [0.5, 0.6) is 0 Å². The molecule has 1 unspecified atom stereocenters. The number of carbonyl (C=O) groups is 1. The first-order valence-corrected chi connectivity index (χ1v) is 10.1. The lowest BCUT2D eigenvalue weighted by molar-refractivity contribution is 0.0857. The van der Waals surface area contributed by atoms with E-state index in [1.807, 2.05) is 24.3 Å². The molecule has 152 valence electrons. The Labute approximate surface area is 187 Å². The first-order valence-electron chi connectivity index (χ1n) is 9.25. The van der Waals surface area contributed by atoms with E-state index in [4.69, 9.17) is 10.5 Å². The maximum atomic E-state index is 12.3. The number of halogens is 1. The molecule has 1 amide bonds. The Kier molecular flexibility index (Phi) is 9.72. The molecule has 1 aliphatic heterocycles. The van der Waals surface area contributed by atoms with Crippen molar-refractivity contribution in [3.05, 3.63) is 57.8 Å². The van der Waals surface area contributed by atoms with Gasteiger partial charge in [0.1, 0.15) is 0 Å². The molecule has 28 heavy (non-hydrogen) atoms. The number of amides is 1. The van der Waals surface area contributed by atoms with Crippen LogP contribution >= 0.6 is 35.3 Å². The predicted molar refractivity (Wildman–Crippen MR) is 125 cm³/mol. The summed E-state index contributed by atoms with van der Waals surface area (Å²) in [5.74, 6) is 0.332. The second-order valence-corrected chi connectivity index (χ2v) is 7.54. The predicted octanol–water partition coefficient (Wildman–Crippen LogP) is 2.92. The molecule has 0 aliphatic carbocycles. The third-order valence-corrected chi connectivity index (χ3v) is 5.33. The zero-order valence-electron chi connectivity index (χ0n) is 15.7. The van der Waals surface area contributed by atoms with E-state index in [-0.39, 0.29) is 36.0 Å². The van der Waals surface area contributed by atoms with Gasteiger partial charge < -0.3 is 21.1 Å². The number of rotatable bonds is 8. The van der Waals surface area contributed by atoms with E-state index in [2.05, 4.69) is 27.1 Å². The molecular weight excluding hydrogens is 487 g/mol. The summed E-state index contributed by atoms with van der Waals surface area (Å²) in [5.41, 5.74) is 7.50. The SMILES string of the molecule is I.NC(=NCc1cccc(C(=O)NCC2CCCO2)c1)NCCc1cccs1. The van der Waals surface area contributed by atoms with Gasteiger partial charge in [-0.2, -0.15) is 0 Å². The second kappa shape index (κ2) is 12.0. The van der Waals surface area contributed by atoms with Gasteiger partial charge in [0, 0.05) is 30.1 Å². The third-order valence-electron chi connectivity index (χ3n) is 4.39. The molecule has 1 aromatic carbocycles. The Morgan fingerprint density at radius 1 is 1.29 bits per heavy atom. The monoisotopic (exact) mass is 514 g/mol. The average Bonchev–Trinajstić information content (AvgIpc) is 3.39. The number of thiophene rings is 1. The molecule has 1 fully saturated rings. The topological polar surface area (TPSA) is 88.7 Å². The van der Waals surface area contributed by atoms with Crippen LogP contribution in [0.4, 0.5) is 0 Å². The Morgan fingerprint density at radius 3 is 2.93 bits per heavy atom. The first kappa shape index (κ1) is 22.6. The maximum Gasteiger partial charge on any atom is 0.251 e. The molecule has 1 saturated heterocycles. The molecule has 6 nitrogen and oxygen atoms in total. The number of nitrogens with two attached hydrogens (primary N) is 1. The molecule has 0 bridgehead atoms. The number of hydrogen-bond acceptors (Lipinski definition) is 4. The smallest absolute Gasteiger partial charge is 0.251 e. The lowest BCUT2D eigenvalue weighted by Gasteiger charge is -2.11. The van der Waals surface area contributed by atoms with Crippen molar-refractivity contribution in [3.63, 3.8) is 0 Å². The molecule has 0 saturated carbocycles. The Morgan fingerprint density at radius 2 is 2.18 bits per heavy atom. The van der Waals surface area contributed by atoms with Gasteiger partial charge in [0.2, 0.25) is 0 Å². The van der Waals surface area contributed by atoms with Crippen LogP contribution in [0.25, 0.3) is 0 Å². The van der Waals surface area contributed by atoms with Crippen LogP contribution in [-0.2, 0) is 17.7 Å². The van der Waals surface area contributed by atoms with Crippen molar-refractivity contribution in [3.8, 4) is 0 Å². The summed E-state index contributed by atoms with van der Waals surface area (Å²) >= 11 is 1.73.